The Bertz CT molecular complexity index is 1090. The second-order valence-corrected chi connectivity index (χ2v) is 10.3. The second kappa shape index (κ2) is 11.9. The summed E-state index contributed by atoms with van der Waals surface area (Å²) in [5.41, 5.74) is 2.17. The Morgan fingerprint density at radius 3 is 2.24 bits per heavy atom. The predicted octanol–water partition coefficient (Wildman–Crippen LogP) is 3.10. The SMILES string of the molecule is CCC(C)NC(=O)C(C)N(Cc1ccc(C)cc1)C(=O)CN(c1ccccc1OC)S(C)(=O)=O. The maximum absolute atomic E-state index is 13.5. The first-order valence-corrected chi connectivity index (χ1v) is 13.1. The topological polar surface area (TPSA) is 96.0 Å². The van der Waals surface area contributed by atoms with Gasteiger partial charge in [-0.2, -0.15) is 0 Å². The first-order valence-electron chi connectivity index (χ1n) is 11.2. The number of carbonyl (C=O) groups is 2. The van der Waals surface area contributed by atoms with Gasteiger partial charge in [0.15, 0.2) is 0 Å². The van der Waals surface area contributed by atoms with Crippen LogP contribution in [0.25, 0.3) is 0 Å². The Labute approximate surface area is 202 Å². The smallest absolute Gasteiger partial charge is 0.244 e. The quantitative estimate of drug-likeness (QED) is 0.523. The van der Waals surface area contributed by atoms with E-state index in [9.17, 15) is 18.0 Å². The van der Waals surface area contributed by atoms with Gasteiger partial charge in [-0.1, -0.05) is 48.9 Å². The fourth-order valence-electron chi connectivity index (χ4n) is 3.37. The predicted molar refractivity (Wildman–Crippen MR) is 134 cm³/mol. The number of nitrogens with zero attached hydrogens (tertiary/aromatic N) is 2. The Hall–Kier alpha value is -3.07. The van der Waals surface area contributed by atoms with Gasteiger partial charge in [0.1, 0.15) is 18.3 Å². The lowest BCUT2D eigenvalue weighted by Crippen LogP contribution is -2.52. The number of hydrogen-bond donors (Lipinski definition) is 1. The molecule has 0 saturated carbocycles. The third kappa shape index (κ3) is 7.21. The molecule has 2 unspecified atom stereocenters. The van der Waals surface area contributed by atoms with Crippen molar-refractivity contribution >= 4 is 27.5 Å². The molecule has 34 heavy (non-hydrogen) atoms. The highest BCUT2D eigenvalue weighted by molar-refractivity contribution is 7.92. The van der Waals surface area contributed by atoms with E-state index in [1.165, 1.54) is 12.0 Å². The van der Waals surface area contributed by atoms with Gasteiger partial charge in [-0.15, -0.1) is 0 Å². The van der Waals surface area contributed by atoms with Crippen LogP contribution in [0.3, 0.4) is 0 Å². The summed E-state index contributed by atoms with van der Waals surface area (Å²) in [6.45, 7) is 7.17. The molecular formula is C25H35N3O5S. The van der Waals surface area contributed by atoms with Crippen molar-refractivity contribution in [3.8, 4) is 5.75 Å². The maximum atomic E-state index is 13.5. The molecule has 9 heteroatoms. The van der Waals surface area contributed by atoms with Crippen molar-refractivity contribution in [2.75, 3.05) is 24.2 Å². The summed E-state index contributed by atoms with van der Waals surface area (Å²) in [5.74, 6) is -0.463. The van der Waals surface area contributed by atoms with E-state index in [2.05, 4.69) is 5.32 Å². The highest BCUT2D eigenvalue weighted by Gasteiger charge is 2.31. The van der Waals surface area contributed by atoms with Gasteiger partial charge < -0.3 is 15.0 Å². The number of methoxy groups -OCH3 is 1. The average Bonchev–Trinajstić information content (AvgIpc) is 2.80. The zero-order valence-corrected chi connectivity index (χ0v) is 21.6. The fourth-order valence-corrected chi connectivity index (χ4v) is 4.22. The molecule has 0 aromatic heterocycles. The molecule has 0 bridgehead atoms. The standard InChI is InChI=1S/C25H35N3O5S/c1-7-19(3)26-25(30)20(4)27(16-21-14-12-18(2)13-15-21)24(29)17-28(34(6,31)32)22-10-8-9-11-23(22)33-5/h8-15,19-20H,7,16-17H2,1-6H3,(H,26,30). The number of hydrogen-bond acceptors (Lipinski definition) is 5. The summed E-state index contributed by atoms with van der Waals surface area (Å²) in [6.07, 6.45) is 1.79. The van der Waals surface area contributed by atoms with Gasteiger partial charge in [0.25, 0.3) is 0 Å². The molecule has 0 heterocycles. The minimum Gasteiger partial charge on any atom is -0.495 e. The van der Waals surface area contributed by atoms with E-state index in [1.54, 1.807) is 31.2 Å². The molecule has 0 aliphatic carbocycles. The number of nitrogens with one attached hydrogen (secondary N) is 1. The van der Waals surface area contributed by atoms with E-state index in [1.807, 2.05) is 45.0 Å². The van der Waals surface area contributed by atoms with Crippen molar-refractivity contribution in [1.82, 2.24) is 10.2 Å². The van der Waals surface area contributed by atoms with Crippen LogP contribution < -0.4 is 14.4 Å². The van der Waals surface area contributed by atoms with Gasteiger partial charge in [-0.05, 0) is 44.9 Å². The summed E-state index contributed by atoms with van der Waals surface area (Å²) in [5, 5.41) is 2.91. The molecule has 0 spiro atoms. The van der Waals surface area contributed by atoms with Gasteiger partial charge >= 0.3 is 0 Å². The Morgan fingerprint density at radius 1 is 1.06 bits per heavy atom. The minimum atomic E-state index is -3.82. The fraction of sp³-hybridized carbons (Fsp3) is 0.440. The molecule has 0 aliphatic heterocycles. The van der Waals surface area contributed by atoms with Crippen LogP contribution in [0, 0.1) is 6.92 Å². The number of sulfonamides is 1. The maximum Gasteiger partial charge on any atom is 0.244 e. The number of aryl methyl sites for hydroxylation is 1. The summed E-state index contributed by atoms with van der Waals surface area (Å²) in [7, 11) is -2.38. The molecule has 0 radical (unpaired) electrons. The molecule has 8 nitrogen and oxygen atoms in total. The number of amides is 2. The van der Waals surface area contributed by atoms with Crippen LogP contribution in [0.5, 0.6) is 5.75 Å². The van der Waals surface area contributed by atoms with Crippen LogP contribution in [-0.2, 0) is 26.2 Å². The van der Waals surface area contributed by atoms with Crippen molar-refractivity contribution in [2.24, 2.45) is 0 Å². The Morgan fingerprint density at radius 2 is 1.68 bits per heavy atom. The molecular weight excluding hydrogens is 454 g/mol. The number of ether oxygens (including phenoxy) is 1. The molecule has 186 valence electrons. The van der Waals surface area contributed by atoms with Crippen molar-refractivity contribution in [1.29, 1.82) is 0 Å². The molecule has 0 saturated heterocycles. The average molecular weight is 490 g/mol. The van der Waals surface area contributed by atoms with E-state index in [4.69, 9.17) is 4.74 Å². The summed E-state index contributed by atoms with van der Waals surface area (Å²) in [4.78, 5) is 27.9. The van der Waals surface area contributed by atoms with Crippen molar-refractivity contribution in [3.63, 3.8) is 0 Å². The summed E-state index contributed by atoms with van der Waals surface area (Å²) in [6, 6.07) is 13.4. The molecule has 1 N–H and O–H groups in total. The van der Waals surface area contributed by atoms with E-state index in [0.29, 0.717) is 5.75 Å². The van der Waals surface area contributed by atoms with Gasteiger partial charge in [-0.25, -0.2) is 8.42 Å². The van der Waals surface area contributed by atoms with Gasteiger partial charge in [0, 0.05) is 12.6 Å². The number of carbonyl (C=O) groups excluding carboxylic acids is 2. The van der Waals surface area contributed by atoms with Crippen molar-refractivity contribution < 1.29 is 22.7 Å². The highest BCUT2D eigenvalue weighted by Crippen LogP contribution is 2.29. The lowest BCUT2D eigenvalue weighted by Gasteiger charge is -2.32. The number of rotatable bonds is 11. The Kier molecular flexibility index (Phi) is 9.49. The second-order valence-electron chi connectivity index (χ2n) is 8.44. The Balaban J connectivity index is 2.41. The zero-order valence-electron chi connectivity index (χ0n) is 20.7. The van der Waals surface area contributed by atoms with Crippen molar-refractivity contribution in [3.05, 3.63) is 59.7 Å². The van der Waals surface area contributed by atoms with Crippen LogP contribution in [0.15, 0.2) is 48.5 Å². The number of anilines is 1. The molecule has 2 aromatic rings. The number of benzene rings is 2. The van der Waals surface area contributed by atoms with Crippen molar-refractivity contribution in [2.45, 2.75) is 52.7 Å². The lowest BCUT2D eigenvalue weighted by atomic mass is 10.1. The van der Waals surface area contributed by atoms with Crippen LogP contribution in [-0.4, -0.2) is 57.1 Å². The van der Waals surface area contributed by atoms with Crippen LogP contribution >= 0.6 is 0 Å². The van der Waals surface area contributed by atoms with Gasteiger partial charge in [-0.3, -0.25) is 13.9 Å². The van der Waals surface area contributed by atoms with E-state index in [0.717, 1.165) is 28.1 Å². The highest BCUT2D eigenvalue weighted by atomic mass is 32.2. The van der Waals surface area contributed by atoms with Crippen LogP contribution in [0.1, 0.15) is 38.3 Å². The number of para-hydroxylation sites is 2. The zero-order chi connectivity index (χ0) is 25.5. The molecule has 2 aromatic carbocycles. The minimum absolute atomic E-state index is 0.0487. The summed E-state index contributed by atoms with van der Waals surface area (Å²) >= 11 is 0. The first kappa shape index (κ1) is 27.2. The third-order valence-electron chi connectivity index (χ3n) is 5.67. The van der Waals surface area contributed by atoms with Crippen LogP contribution in [0.4, 0.5) is 5.69 Å². The molecule has 0 fully saturated rings. The molecule has 2 atom stereocenters. The van der Waals surface area contributed by atoms with Crippen LogP contribution in [0.2, 0.25) is 0 Å². The summed E-state index contributed by atoms with van der Waals surface area (Å²) < 4.78 is 31.7. The molecule has 2 amide bonds. The first-order chi connectivity index (χ1) is 16.0. The molecule has 0 aliphatic rings. The monoisotopic (exact) mass is 489 g/mol. The van der Waals surface area contributed by atoms with E-state index < -0.39 is 28.5 Å². The van der Waals surface area contributed by atoms with E-state index >= 15 is 0 Å². The lowest BCUT2D eigenvalue weighted by molar-refractivity contribution is -0.139. The largest absolute Gasteiger partial charge is 0.495 e. The van der Waals surface area contributed by atoms with Gasteiger partial charge in [0.05, 0.1) is 19.1 Å². The normalized spacial score (nSPS) is 13.0. The van der Waals surface area contributed by atoms with Gasteiger partial charge in [0.2, 0.25) is 21.8 Å². The third-order valence-corrected chi connectivity index (χ3v) is 6.80. The van der Waals surface area contributed by atoms with E-state index in [-0.39, 0.29) is 24.2 Å². The molecule has 2 rings (SSSR count).